The highest BCUT2D eigenvalue weighted by atomic mass is 16.5. The van der Waals surface area contributed by atoms with Crippen LogP contribution in [0.4, 0.5) is 5.82 Å². The number of nitrogens with one attached hydrogen (secondary N) is 1. The normalized spacial score (nSPS) is 14.7. The number of carbonyl (C=O) groups excluding carboxylic acids is 1. The number of carbonyl (C=O) groups is 1. The summed E-state index contributed by atoms with van der Waals surface area (Å²) in [4.78, 5) is 14.6. The average molecular weight is 356 g/mol. The van der Waals surface area contributed by atoms with Crippen LogP contribution in [0.5, 0.6) is 5.75 Å². The van der Waals surface area contributed by atoms with Crippen molar-refractivity contribution in [1.29, 1.82) is 0 Å². The van der Waals surface area contributed by atoms with Gasteiger partial charge in [0.25, 0.3) is 0 Å². The van der Waals surface area contributed by atoms with E-state index >= 15 is 0 Å². The molecule has 0 atom stereocenters. The van der Waals surface area contributed by atoms with Gasteiger partial charge in [0.15, 0.2) is 0 Å². The number of benzene rings is 1. The third kappa shape index (κ3) is 4.64. The third-order valence-corrected chi connectivity index (χ3v) is 4.99. The van der Waals surface area contributed by atoms with Crippen molar-refractivity contribution in [2.75, 3.05) is 25.5 Å². The second-order valence-electron chi connectivity index (χ2n) is 6.80. The Labute approximate surface area is 155 Å². The smallest absolute Gasteiger partial charge is 0.239 e. The topological polar surface area (TPSA) is 59.4 Å². The molecule has 0 spiro atoms. The zero-order valence-corrected chi connectivity index (χ0v) is 15.6. The summed E-state index contributed by atoms with van der Waals surface area (Å²) in [7, 11) is 1.66. The molecule has 1 fully saturated rings. The van der Waals surface area contributed by atoms with Crippen LogP contribution in [0, 0.1) is 0 Å². The van der Waals surface area contributed by atoms with Gasteiger partial charge in [0, 0.05) is 12.6 Å². The quantitative estimate of drug-likeness (QED) is 0.787. The van der Waals surface area contributed by atoms with Gasteiger partial charge in [-0.2, -0.15) is 5.10 Å². The largest absolute Gasteiger partial charge is 0.497 e. The number of rotatable bonds is 8. The number of hydrogen-bond acceptors (Lipinski definition) is 4. The Morgan fingerprint density at radius 3 is 2.65 bits per heavy atom. The highest BCUT2D eigenvalue weighted by molar-refractivity contribution is 5.91. The van der Waals surface area contributed by atoms with Crippen molar-refractivity contribution in [2.24, 2.45) is 0 Å². The van der Waals surface area contributed by atoms with Gasteiger partial charge in [-0.3, -0.25) is 9.69 Å². The lowest BCUT2D eigenvalue weighted by Gasteiger charge is -2.21. The Kier molecular flexibility index (Phi) is 6.28. The molecule has 1 saturated carbocycles. The predicted octanol–water partition coefficient (Wildman–Crippen LogP) is 3.47. The van der Waals surface area contributed by atoms with Crippen LogP contribution in [0.2, 0.25) is 0 Å². The minimum atomic E-state index is 0.000101. The molecular weight excluding hydrogens is 328 g/mol. The van der Waals surface area contributed by atoms with Gasteiger partial charge < -0.3 is 10.1 Å². The molecule has 0 radical (unpaired) electrons. The molecule has 1 heterocycles. The van der Waals surface area contributed by atoms with Gasteiger partial charge in [0.05, 0.1) is 25.9 Å². The van der Waals surface area contributed by atoms with Crippen LogP contribution in [0.1, 0.15) is 44.2 Å². The molecule has 0 bridgehead atoms. The van der Waals surface area contributed by atoms with E-state index in [9.17, 15) is 4.79 Å². The van der Waals surface area contributed by atoms with E-state index in [2.05, 4.69) is 22.2 Å². The maximum Gasteiger partial charge on any atom is 0.239 e. The fourth-order valence-corrected chi connectivity index (χ4v) is 3.51. The summed E-state index contributed by atoms with van der Waals surface area (Å²) in [6.45, 7) is 3.97. The Balaban J connectivity index is 1.56. The van der Waals surface area contributed by atoms with Gasteiger partial charge in [-0.05, 0) is 37.1 Å². The molecule has 3 rings (SSSR count). The number of hydrogen-bond donors (Lipinski definition) is 1. The number of methoxy groups -OCH3 is 1. The van der Waals surface area contributed by atoms with Crippen LogP contribution in [-0.4, -0.2) is 40.8 Å². The highest BCUT2D eigenvalue weighted by Gasteiger charge is 2.21. The number of likely N-dealkylation sites (N-methyl/N-ethyl adjacent to an activating group) is 1. The number of amides is 1. The van der Waals surface area contributed by atoms with Crippen LogP contribution in [0.3, 0.4) is 0 Å². The van der Waals surface area contributed by atoms with Gasteiger partial charge >= 0.3 is 0 Å². The Bertz CT molecular complexity index is 705. The zero-order chi connectivity index (χ0) is 18.4. The van der Waals surface area contributed by atoms with Crippen LogP contribution in [0.25, 0.3) is 0 Å². The number of anilines is 1. The van der Waals surface area contributed by atoms with E-state index in [4.69, 9.17) is 4.74 Å². The van der Waals surface area contributed by atoms with Gasteiger partial charge in [0.1, 0.15) is 11.6 Å². The van der Waals surface area contributed by atoms with Crippen molar-refractivity contribution in [3.05, 3.63) is 42.1 Å². The van der Waals surface area contributed by atoms with Crippen molar-refractivity contribution in [2.45, 2.75) is 45.2 Å². The number of ether oxygens (including phenoxy) is 1. The van der Waals surface area contributed by atoms with Crippen LogP contribution in [-0.2, 0) is 11.3 Å². The fraction of sp³-hybridized carbons (Fsp3) is 0.500. The maximum absolute atomic E-state index is 12.5. The molecule has 26 heavy (non-hydrogen) atoms. The molecule has 1 aromatic heterocycles. The van der Waals surface area contributed by atoms with Crippen LogP contribution in [0.15, 0.2) is 36.5 Å². The SMILES string of the molecule is CCN(CC(=O)Nc1ccnn1C1CCCC1)Cc1ccc(OC)cc1. The second-order valence-corrected chi connectivity index (χ2v) is 6.80. The van der Waals surface area contributed by atoms with E-state index in [0.29, 0.717) is 12.6 Å². The Hall–Kier alpha value is -2.34. The van der Waals surface area contributed by atoms with E-state index in [0.717, 1.165) is 43.1 Å². The van der Waals surface area contributed by atoms with Crippen molar-refractivity contribution in [1.82, 2.24) is 14.7 Å². The standard InChI is InChI=1S/C20H28N4O2/c1-3-23(14-16-8-10-18(26-2)11-9-16)15-20(25)22-19-12-13-21-24(19)17-6-4-5-7-17/h8-13,17H,3-7,14-15H2,1-2H3,(H,22,25). The van der Waals surface area contributed by atoms with Gasteiger partial charge in [-0.15, -0.1) is 0 Å². The summed E-state index contributed by atoms with van der Waals surface area (Å²) in [6.07, 6.45) is 6.53. The van der Waals surface area contributed by atoms with Gasteiger partial charge in [0.2, 0.25) is 5.91 Å². The first-order chi connectivity index (χ1) is 12.7. The van der Waals surface area contributed by atoms with E-state index < -0.39 is 0 Å². The third-order valence-electron chi connectivity index (χ3n) is 4.99. The first kappa shape index (κ1) is 18.5. The molecule has 0 unspecified atom stereocenters. The second kappa shape index (κ2) is 8.85. The lowest BCUT2D eigenvalue weighted by molar-refractivity contribution is -0.117. The molecule has 1 aromatic carbocycles. The fourth-order valence-electron chi connectivity index (χ4n) is 3.51. The zero-order valence-electron chi connectivity index (χ0n) is 15.6. The lowest BCUT2D eigenvalue weighted by Crippen LogP contribution is -2.33. The van der Waals surface area contributed by atoms with Crippen molar-refractivity contribution in [3.8, 4) is 5.75 Å². The molecule has 1 aliphatic carbocycles. The van der Waals surface area contributed by atoms with Crippen LogP contribution >= 0.6 is 0 Å². The van der Waals surface area contributed by atoms with Gasteiger partial charge in [-0.25, -0.2) is 4.68 Å². The van der Waals surface area contributed by atoms with Crippen molar-refractivity contribution >= 4 is 11.7 Å². The molecule has 1 amide bonds. The molecule has 0 saturated heterocycles. The van der Waals surface area contributed by atoms with Crippen molar-refractivity contribution in [3.63, 3.8) is 0 Å². The minimum Gasteiger partial charge on any atom is -0.497 e. The first-order valence-corrected chi connectivity index (χ1v) is 9.38. The molecule has 1 aliphatic rings. The van der Waals surface area contributed by atoms with Crippen molar-refractivity contribution < 1.29 is 9.53 Å². The Morgan fingerprint density at radius 2 is 2.00 bits per heavy atom. The molecule has 6 heteroatoms. The lowest BCUT2D eigenvalue weighted by atomic mass is 10.2. The van der Waals surface area contributed by atoms with Gasteiger partial charge in [-0.1, -0.05) is 31.9 Å². The molecule has 0 aliphatic heterocycles. The summed E-state index contributed by atoms with van der Waals surface area (Å²) < 4.78 is 7.17. The van der Waals surface area contributed by atoms with E-state index in [-0.39, 0.29) is 5.91 Å². The summed E-state index contributed by atoms with van der Waals surface area (Å²) in [5, 5.41) is 7.45. The summed E-state index contributed by atoms with van der Waals surface area (Å²) in [6, 6.07) is 10.3. The summed E-state index contributed by atoms with van der Waals surface area (Å²) in [5.41, 5.74) is 1.16. The predicted molar refractivity (Wildman–Crippen MR) is 102 cm³/mol. The first-order valence-electron chi connectivity index (χ1n) is 9.38. The summed E-state index contributed by atoms with van der Waals surface area (Å²) in [5.74, 6) is 1.65. The maximum atomic E-state index is 12.5. The highest BCUT2D eigenvalue weighted by Crippen LogP contribution is 2.31. The average Bonchev–Trinajstić information content (AvgIpc) is 3.33. The van der Waals surface area contributed by atoms with E-state index in [1.807, 2.05) is 35.0 Å². The number of nitrogens with zero attached hydrogens (tertiary/aromatic N) is 3. The Morgan fingerprint density at radius 1 is 1.27 bits per heavy atom. The minimum absolute atomic E-state index is 0.000101. The molecule has 140 valence electrons. The molecule has 1 N–H and O–H groups in total. The summed E-state index contributed by atoms with van der Waals surface area (Å²) >= 11 is 0. The number of aromatic nitrogens is 2. The molecule has 2 aromatic rings. The molecule has 6 nitrogen and oxygen atoms in total. The van der Waals surface area contributed by atoms with E-state index in [1.54, 1.807) is 13.3 Å². The molecular formula is C20H28N4O2. The van der Waals surface area contributed by atoms with Crippen LogP contribution < -0.4 is 10.1 Å². The van der Waals surface area contributed by atoms with E-state index in [1.165, 1.54) is 12.8 Å². The monoisotopic (exact) mass is 356 g/mol.